The summed E-state index contributed by atoms with van der Waals surface area (Å²) in [6, 6.07) is 19.1. The highest BCUT2D eigenvalue weighted by Crippen LogP contribution is 2.31. The van der Waals surface area contributed by atoms with E-state index in [1.54, 1.807) is 55.0 Å². The van der Waals surface area contributed by atoms with Crippen molar-refractivity contribution in [3.63, 3.8) is 0 Å². The molecule has 1 amide bonds. The molecule has 0 saturated heterocycles. The number of rotatable bonds is 8. The van der Waals surface area contributed by atoms with Crippen molar-refractivity contribution in [2.45, 2.75) is 12.3 Å². The highest BCUT2D eigenvalue weighted by atomic mass is 19.1. The molecule has 4 aromatic rings. The maximum atomic E-state index is 13.8. The lowest BCUT2D eigenvalue weighted by atomic mass is 9.91. The first-order valence-corrected chi connectivity index (χ1v) is 10.2. The number of primary amides is 1. The van der Waals surface area contributed by atoms with Crippen molar-refractivity contribution in [2.24, 2.45) is 5.73 Å². The summed E-state index contributed by atoms with van der Waals surface area (Å²) in [4.78, 5) is 25.6. The third-order valence-corrected chi connectivity index (χ3v) is 5.06. The molecule has 0 fully saturated rings. The lowest BCUT2D eigenvalue weighted by Gasteiger charge is -2.19. The SMILES string of the molecule is NC(=O)C(c1cccnc1)c1ccc(-c2cccc(F)c2)nc1NCCc1ccccn1. The molecule has 3 N–H and O–H groups in total. The predicted molar refractivity (Wildman–Crippen MR) is 121 cm³/mol. The number of nitrogens with two attached hydrogens (primary N) is 1. The van der Waals surface area contributed by atoms with Gasteiger partial charge in [-0.15, -0.1) is 0 Å². The van der Waals surface area contributed by atoms with Crippen LogP contribution in [-0.4, -0.2) is 27.4 Å². The number of anilines is 1. The largest absolute Gasteiger partial charge is 0.369 e. The van der Waals surface area contributed by atoms with Gasteiger partial charge in [-0.3, -0.25) is 14.8 Å². The van der Waals surface area contributed by atoms with Gasteiger partial charge >= 0.3 is 0 Å². The molecule has 1 unspecified atom stereocenters. The molecule has 1 atom stereocenters. The second-order valence-corrected chi connectivity index (χ2v) is 7.26. The average molecular weight is 427 g/mol. The van der Waals surface area contributed by atoms with Crippen molar-refractivity contribution in [1.82, 2.24) is 15.0 Å². The van der Waals surface area contributed by atoms with E-state index in [2.05, 4.69) is 15.3 Å². The van der Waals surface area contributed by atoms with Crippen LogP contribution in [0.5, 0.6) is 0 Å². The number of amides is 1. The molecule has 4 rings (SSSR count). The Morgan fingerprint density at radius 2 is 1.94 bits per heavy atom. The minimum absolute atomic E-state index is 0.344. The van der Waals surface area contributed by atoms with Crippen LogP contribution in [-0.2, 0) is 11.2 Å². The first-order valence-electron chi connectivity index (χ1n) is 10.2. The van der Waals surface area contributed by atoms with E-state index in [0.717, 1.165) is 5.69 Å². The molecular formula is C25H22FN5O. The standard InChI is InChI=1S/C25H22FN5O/c26-19-7-3-5-17(15-19)22-10-9-21(23(24(27)32)18-6-4-12-28-16-18)25(31-22)30-14-11-20-8-1-2-13-29-20/h1-10,12-13,15-16,23H,11,14H2,(H2,27,32)(H,30,31). The number of carbonyl (C=O) groups excluding carboxylic acids is 1. The second-order valence-electron chi connectivity index (χ2n) is 7.26. The highest BCUT2D eigenvalue weighted by Gasteiger charge is 2.24. The molecule has 3 aromatic heterocycles. The summed E-state index contributed by atoms with van der Waals surface area (Å²) in [7, 11) is 0. The van der Waals surface area contributed by atoms with Crippen LogP contribution in [0.15, 0.2) is 85.3 Å². The Morgan fingerprint density at radius 1 is 1.03 bits per heavy atom. The third kappa shape index (κ3) is 4.95. The Morgan fingerprint density at radius 3 is 2.66 bits per heavy atom. The monoisotopic (exact) mass is 427 g/mol. The lowest BCUT2D eigenvalue weighted by Crippen LogP contribution is -2.24. The van der Waals surface area contributed by atoms with E-state index in [1.165, 1.54) is 12.1 Å². The number of pyridine rings is 3. The van der Waals surface area contributed by atoms with Gasteiger partial charge in [-0.1, -0.05) is 30.3 Å². The summed E-state index contributed by atoms with van der Waals surface area (Å²) in [6.45, 7) is 0.544. The molecule has 0 spiro atoms. The van der Waals surface area contributed by atoms with Crippen molar-refractivity contribution < 1.29 is 9.18 Å². The van der Waals surface area contributed by atoms with Crippen LogP contribution in [0.3, 0.4) is 0 Å². The van der Waals surface area contributed by atoms with Gasteiger partial charge in [0.2, 0.25) is 5.91 Å². The molecule has 0 bridgehead atoms. The van der Waals surface area contributed by atoms with Gasteiger partial charge in [0.05, 0.1) is 11.6 Å². The minimum atomic E-state index is -0.727. The Kier molecular flexibility index (Phi) is 6.46. The van der Waals surface area contributed by atoms with Gasteiger partial charge in [-0.05, 0) is 42.0 Å². The molecule has 160 valence electrons. The van der Waals surface area contributed by atoms with Gasteiger partial charge < -0.3 is 11.1 Å². The van der Waals surface area contributed by atoms with Crippen LogP contribution in [0.25, 0.3) is 11.3 Å². The third-order valence-electron chi connectivity index (χ3n) is 5.06. The first kappa shape index (κ1) is 21.1. The van der Waals surface area contributed by atoms with Crippen LogP contribution >= 0.6 is 0 Å². The van der Waals surface area contributed by atoms with Gasteiger partial charge in [0.15, 0.2) is 0 Å². The number of hydrogen-bond donors (Lipinski definition) is 2. The molecule has 1 aromatic carbocycles. The summed E-state index contributed by atoms with van der Waals surface area (Å²) in [5.41, 5.74) is 9.24. The highest BCUT2D eigenvalue weighted by molar-refractivity contribution is 5.87. The molecular weight excluding hydrogens is 405 g/mol. The number of carbonyl (C=O) groups is 1. The number of hydrogen-bond acceptors (Lipinski definition) is 5. The Hall–Kier alpha value is -4.13. The Labute approximate surface area is 185 Å². The van der Waals surface area contributed by atoms with Crippen LogP contribution < -0.4 is 11.1 Å². The smallest absolute Gasteiger partial charge is 0.229 e. The van der Waals surface area contributed by atoms with E-state index in [0.29, 0.717) is 41.2 Å². The van der Waals surface area contributed by atoms with Crippen molar-refractivity contribution >= 4 is 11.7 Å². The summed E-state index contributed by atoms with van der Waals surface area (Å²) >= 11 is 0. The maximum Gasteiger partial charge on any atom is 0.229 e. The molecule has 32 heavy (non-hydrogen) atoms. The van der Waals surface area contributed by atoms with Crippen LogP contribution in [0.2, 0.25) is 0 Å². The summed E-state index contributed by atoms with van der Waals surface area (Å²) in [5.74, 6) is -1.07. The van der Waals surface area contributed by atoms with E-state index in [-0.39, 0.29) is 5.82 Å². The number of nitrogens with one attached hydrogen (secondary N) is 1. The molecule has 3 heterocycles. The van der Waals surface area contributed by atoms with Gasteiger partial charge in [0.1, 0.15) is 11.6 Å². The van der Waals surface area contributed by atoms with Crippen molar-refractivity contribution in [3.8, 4) is 11.3 Å². The average Bonchev–Trinajstić information content (AvgIpc) is 2.81. The van der Waals surface area contributed by atoms with Gasteiger partial charge in [-0.25, -0.2) is 9.37 Å². The molecule has 0 radical (unpaired) electrons. The first-order chi connectivity index (χ1) is 15.6. The molecule has 6 nitrogen and oxygen atoms in total. The fourth-order valence-electron chi connectivity index (χ4n) is 3.55. The molecule has 7 heteroatoms. The van der Waals surface area contributed by atoms with E-state index in [4.69, 9.17) is 10.7 Å². The fraction of sp³-hybridized carbons (Fsp3) is 0.120. The molecule has 0 aliphatic rings. The molecule has 0 aliphatic heterocycles. The van der Waals surface area contributed by atoms with Crippen LogP contribution in [0, 0.1) is 5.82 Å². The molecule has 0 saturated carbocycles. The summed E-state index contributed by atoms with van der Waals surface area (Å²) < 4.78 is 13.8. The van der Waals surface area contributed by atoms with Crippen molar-refractivity contribution in [3.05, 3.63) is 108 Å². The predicted octanol–water partition coefficient (Wildman–Crippen LogP) is 3.95. The number of aromatic nitrogens is 3. The number of halogens is 1. The number of nitrogens with zero attached hydrogens (tertiary/aromatic N) is 3. The van der Waals surface area contributed by atoms with Crippen molar-refractivity contribution in [1.29, 1.82) is 0 Å². The summed E-state index contributed by atoms with van der Waals surface area (Å²) in [6.07, 6.45) is 5.67. The summed E-state index contributed by atoms with van der Waals surface area (Å²) in [5, 5.41) is 3.32. The van der Waals surface area contributed by atoms with E-state index in [9.17, 15) is 9.18 Å². The minimum Gasteiger partial charge on any atom is -0.369 e. The zero-order valence-corrected chi connectivity index (χ0v) is 17.3. The van der Waals surface area contributed by atoms with Gasteiger partial charge in [-0.2, -0.15) is 0 Å². The topological polar surface area (TPSA) is 93.8 Å². The van der Waals surface area contributed by atoms with Gasteiger partial charge in [0, 0.05) is 48.4 Å². The molecule has 0 aliphatic carbocycles. The Balaban J connectivity index is 1.71. The lowest BCUT2D eigenvalue weighted by molar-refractivity contribution is -0.118. The van der Waals surface area contributed by atoms with Gasteiger partial charge in [0.25, 0.3) is 0 Å². The maximum absolute atomic E-state index is 13.8. The quantitative estimate of drug-likeness (QED) is 0.444. The van der Waals surface area contributed by atoms with E-state index >= 15 is 0 Å². The second kappa shape index (κ2) is 9.78. The van der Waals surface area contributed by atoms with Crippen molar-refractivity contribution in [2.75, 3.05) is 11.9 Å². The van der Waals surface area contributed by atoms with E-state index < -0.39 is 11.8 Å². The number of benzene rings is 1. The zero-order chi connectivity index (χ0) is 22.3. The Bertz CT molecular complexity index is 1200. The fourth-order valence-corrected chi connectivity index (χ4v) is 3.55. The van der Waals surface area contributed by atoms with Crippen LogP contribution in [0.1, 0.15) is 22.7 Å². The van der Waals surface area contributed by atoms with E-state index in [1.807, 2.05) is 18.2 Å². The normalized spacial score (nSPS) is 11.7. The zero-order valence-electron chi connectivity index (χ0n) is 17.3. The van der Waals surface area contributed by atoms with Crippen LogP contribution in [0.4, 0.5) is 10.2 Å².